The van der Waals surface area contributed by atoms with Crippen LogP contribution in [0, 0.1) is 13.8 Å². The zero-order chi connectivity index (χ0) is 16.4. The molecule has 0 saturated carbocycles. The van der Waals surface area contributed by atoms with Crippen LogP contribution in [0.5, 0.6) is 5.75 Å². The molecule has 3 rings (SSSR count). The maximum absolute atomic E-state index is 11.4. The quantitative estimate of drug-likeness (QED) is 0.801. The summed E-state index contributed by atoms with van der Waals surface area (Å²) in [7, 11) is 0. The Kier molecular flexibility index (Phi) is 3.97. The van der Waals surface area contributed by atoms with E-state index >= 15 is 0 Å². The van der Waals surface area contributed by atoms with E-state index in [1.165, 1.54) is 11.6 Å². The standard InChI is InChI=1S/C17H18N4O2/c1-12-4-3-5-14(10-12)15-11-21(19-18-15)9-8-20-7-6-16(22)17(23)13(20)2/h3-7,10-11,23H,8-9H2,1-2H3. The maximum atomic E-state index is 11.4. The Labute approximate surface area is 133 Å². The van der Waals surface area contributed by atoms with E-state index in [0.29, 0.717) is 18.8 Å². The molecule has 2 aromatic heterocycles. The summed E-state index contributed by atoms with van der Waals surface area (Å²) in [5.41, 5.74) is 3.23. The van der Waals surface area contributed by atoms with Gasteiger partial charge in [0.25, 0.3) is 0 Å². The van der Waals surface area contributed by atoms with Gasteiger partial charge in [-0.25, -0.2) is 0 Å². The van der Waals surface area contributed by atoms with E-state index in [1.807, 2.05) is 35.9 Å². The fourth-order valence-electron chi connectivity index (χ4n) is 2.46. The molecule has 0 saturated heterocycles. The van der Waals surface area contributed by atoms with Crippen molar-refractivity contribution in [3.8, 4) is 17.0 Å². The molecule has 0 aliphatic rings. The molecule has 0 aliphatic heterocycles. The molecule has 0 amide bonds. The SMILES string of the molecule is Cc1cccc(-c2cn(CCn3ccc(=O)c(O)c3C)nn2)c1. The van der Waals surface area contributed by atoms with Crippen molar-refractivity contribution in [2.24, 2.45) is 0 Å². The van der Waals surface area contributed by atoms with Crippen LogP contribution in [0.2, 0.25) is 0 Å². The van der Waals surface area contributed by atoms with Crippen LogP contribution >= 0.6 is 0 Å². The lowest BCUT2D eigenvalue weighted by atomic mass is 10.1. The molecule has 0 unspecified atom stereocenters. The molecule has 0 bridgehead atoms. The molecule has 0 atom stereocenters. The molecule has 1 aromatic carbocycles. The van der Waals surface area contributed by atoms with Crippen molar-refractivity contribution in [2.45, 2.75) is 26.9 Å². The highest BCUT2D eigenvalue weighted by molar-refractivity contribution is 5.58. The molecular formula is C17H18N4O2. The van der Waals surface area contributed by atoms with Crippen LogP contribution in [0.3, 0.4) is 0 Å². The first kappa shape index (κ1) is 15.0. The molecular weight excluding hydrogens is 292 g/mol. The van der Waals surface area contributed by atoms with Crippen LogP contribution in [-0.4, -0.2) is 24.7 Å². The first-order chi connectivity index (χ1) is 11.0. The van der Waals surface area contributed by atoms with Gasteiger partial charge in [0.2, 0.25) is 5.43 Å². The molecule has 6 nitrogen and oxygen atoms in total. The van der Waals surface area contributed by atoms with E-state index in [9.17, 15) is 9.90 Å². The highest BCUT2D eigenvalue weighted by Gasteiger charge is 2.07. The molecule has 0 radical (unpaired) electrons. The summed E-state index contributed by atoms with van der Waals surface area (Å²) in [6.07, 6.45) is 3.57. The Morgan fingerprint density at radius 3 is 2.78 bits per heavy atom. The predicted octanol–water partition coefficient (Wildman–Crippen LogP) is 2.13. The minimum Gasteiger partial charge on any atom is -0.503 e. The summed E-state index contributed by atoms with van der Waals surface area (Å²) in [4.78, 5) is 11.4. The number of aromatic nitrogens is 4. The largest absolute Gasteiger partial charge is 0.503 e. The Morgan fingerprint density at radius 1 is 1.17 bits per heavy atom. The van der Waals surface area contributed by atoms with E-state index in [4.69, 9.17) is 0 Å². The van der Waals surface area contributed by atoms with E-state index in [0.717, 1.165) is 11.3 Å². The number of hydrogen-bond donors (Lipinski definition) is 1. The molecule has 3 aromatic rings. The van der Waals surface area contributed by atoms with E-state index in [2.05, 4.69) is 16.4 Å². The van der Waals surface area contributed by atoms with Crippen LogP contribution in [0.1, 0.15) is 11.3 Å². The van der Waals surface area contributed by atoms with Crippen molar-refractivity contribution < 1.29 is 5.11 Å². The summed E-state index contributed by atoms with van der Waals surface area (Å²) in [6, 6.07) is 9.47. The monoisotopic (exact) mass is 310 g/mol. The Bertz CT molecular complexity index is 896. The Morgan fingerprint density at radius 2 is 2.00 bits per heavy atom. The third-order valence-electron chi connectivity index (χ3n) is 3.84. The van der Waals surface area contributed by atoms with Gasteiger partial charge < -0.3 is 9.67 Å². The Balaban J connectivity index is 1.75. The van der Waals surface area contributed by atoms with Crippen LogP contribution in [0.25, 0.3) is 11.3 Å². The summed E-state index contributed by atoms with van der Waals surface area (Å²) in [5, 5.41) is 18.0. The summed E-state index contributed by atoms with van der Waals surface area (Å²) in [6.45, 7) is 4.95. The van der Waals surface area contributed by atoms with Crippen molar-refractivity contribution in [1.82, 2.24) is 19.6 Å². The van der Waals surface area contributed by atoms with Gasteiger partial charge in [0.15, 0.2) is 5.75 Å². The van der Waals surface area contributed by atoms with Crippen molar-refractivity contribution >= 4 is 0 Å². The van der Waals surface area contributed by atoms with E-state index in [-0.39, 0.29) is 11.2 Å². The normalized spacial score (nSPS) is 10.9. The molecule has 118 valence electrons. The summed E-state index contributed by atoms with van der Waals surface area (Å²) < 4.78 is 3.58. The third kappa shape index (κ3) is 3.15. The number of rotatable bonds is 4. The molecule has 0 aliphatic carbocycles. The number of pyridine rings is 1. The van der Waals surface area contributed by atoms with Gasteiger partial charge in [-0.3, -0.25) is 9.48 Å². The highest BCUT2D eigenvalue weighted by Crippen LogP contribution is 2.17. The number of hydrogen-bond acceptors (Lipinski definition) is 4. The molecule has 0 fully saturated rings. The van der Waals surface area contributed by atoms with Gasteiger partial charge in [-0.05, 0) is 19.9 Å². The highest BCUT2D eigenvalue weighted by atomic mass is 16.3. The van der Waals surface area contributed by atoms with Crippen molar-refractivity contribution in [3.63, 3.8) is 0 Å². The molecule has 6 heteroatoms. The lowest BCUT2D eigenvalue weighted by Crippen LogP contribution is -2.14. The second-order valence-corrected chi connectivity index (χ2v) is 5.54. The smallest absolute Gasteiger partial charge is 0.223 e. The summed E-state index contributed by atoms with van der Waals surface area (Å²) >= 11 is 0. The van der Waals surface area contributed by atoms with Gasteiger partial charge in [-0.15, -0.1) is 5.10 Å². The van der Waals surface area contributed by atoms with Gasteiger partial charge in [0.05, 0.1) is 18.4 Å². The number of aryl methyl sites for hydroxylation is 3. The van der Waals surface area contributed by atoms with Gasteiger partial charge in [0.1, 0.15) is 5.69 Å². The zero-order valence-corrected chi connectivity index (χ0v) is 13.1. The fraction of sp³-hybridized carbons (Fsp3) is 0.235. The average Bonchev–Trinajstić information content (AvgIpc) is 3.01. The molecule has 23 heavy (non-hydrogen) atoms. The van der Waals surface area contributed by atoms with Gasteiger partial charge >= 0.3 is 0 Å². The lowest BCUT2D eigenvalue weighted by molar-refractivity contribution is 0.444. The van der Waals surface area contributed by atoms with E-state index < -0.39 is 0 Å². The second kappa shape index (κ2) is 6.08. The zero-order valence-electron chi connectivity index (χ0n) is 13.1. The average molecular weight is 310 g/mol. The molecule has 1 N–H and O–H groups in total. The fourth-order valence-corrected chi connectivity index (χ4v) is 2.46. The second-order valence-electron chi connectivity index (χ2n) is 5.54. The minimum atomic E-state index is -0.360. The van der Waals surface area contributed by atoms with Crippen LogP contribution < -0.4 is 5.43 Å². The van der Waals surface area contributed by atoms with Crippen molar-refractivity contribution in [1.29, 1.82) is 0 Å². The van der Waals surface area contributed by atoms with Gasteiger partial charge in [-0.2, -0.15) is 0 Å². The minimum absolute atomic E-state index is 0.202. The first-order valence-electron chi connectivity index (χ1n) is 7.41. The number of aromatic hydroxyl groups is 1. The van der Waals surface area contributed by atoms with Gasteiger partial charge in [-0.1, -0.05) is 29.0 Å². The first-order valence-corrected chi connectivity index (χ1v) is 7.41. The van der Waals surface area contributed by atoms with Crippen molar-refractivity contribution in [2.75, 3.05) is 0 Å². The third-order valence-corrected chi connectivity index (χ3v) is 3.84. The number of benzene rings is 1. The topological polar surface area (TPSA) is 72.9 Å². The van der Waals surface area contributed by atoms with Crippen LogP contribution in [0.4, 0.5) is 0 Å². The molecule has 0 spiro atoms. The van der Waals surface area contributed by atoms with Crippen molar-refractivity contribution in [3.05, 3.63) is 64.2 Å². The number of nitrogens with zero attached hydrogens (tertiary/aromatic N) is 4. The Hall–Kier alpha value is -2.89. The predicted molar refractivity (Wildman–Crippen MR) is 87.3 cm³/mol. The summed E-state index contributed by atoms with van der Waals surface area (Å²) in [5.74, 6) is -0.202. The van der Waals surface area contributed by atoms with E-state index in [1.54, 1.807) is 17.8 Å². The van der Waals surface area contributed by atoms with Crippen LogP contribution in [-0.2, 0) is 13.1 Å². The molecule has 2 heterocycles. The van der Waals surface area contributed by atoms with Gasteiger partial charge in [0, 0.05) is 24.4 Å². The maximum Gasteiger partial charge on any atom is 0.223 e. The van der Waals surface area contributed by atoms with Crippen LogP contribution in [0.15, 0.2) is 47.5 Å². The lowest BCUT2D eigenvalue weighted by Gasteiger charge is -2.10.